The van der Waals surface area contributed by atoms with Crippen LogP contribution in [0, 0.1) is 0 Å². The van der Waals surface area contributed by atoms with Crippen molar-refractivity contribution in [3.63, 3.8) is 0 Å². The van der Waals surface area contributed by atoms with Crippen molar-refractivity contribution in [3.05, 3.63) is 258 Å². The summed E-state index contributed by atoms with van der Waals surface area (Å²) in [6.45, 7) is 5.10. The maximum absolute atomic E-state index is 12.6. The Balaban J connectivity index is 0.000000146. The first-order valence-electron chi connectivity index (χ1n) is 47.1. The first-order chi connectivity index (χ1) is 71.0. The van der Waals surface area contributed by atoms with Gasteiger partial charge >= 0.3 is 0 Å². The Bertz CT molecular complexity index is 6170. The average molecular weight is 2020 g/mol. The molecule has 0 radical (unpaired) electrons. The lowest BCUT2D eigenvalue weighted by Gasteiger charge is -2.26. The highest BCUT2D eigenvalue weighted by molar-refractivity contribution is 6.18. The molecule has 19 N–H and O–H groups in total. The van der Waals surface area contributed by atoms with Gasteiger partial charge < -0.3 is 103 Å². The van der Waals surface area contributed by atoms with Gasteiger partial charge in [-0.2, -0.15) is 30.1 Å². The highest BCUT2D eigenvalue weighted by Crippen LogP contribution is 2.37. The number of H-pyrrole nitrogens is 3. The fourth-order valence-corrected chi connectivity index (χ4v) is 13.6. The van der Waals surface area contributed by atoms with E-state index in [4.69, 9.17) is 98.5 Å². The van der Waals surface area contributed by atoms with Crippen molar-refractivity contribution in [3.8, 4) is 109 Å². The monoisotopic (exact) mass is 2020 g/mol. The highest BCUT2D eigenvalue weighted by Gasteiger charge is 2.29. The van der Waals surface area contributed by atoms with Gasteiger partial charge in [-0.05, 0) is 220 Å². The van der Waals surface area contributed by atoms with Crippen LogP contribution in [0.2, 0.25) is 0 Å². The molecule has 7 heterocycles. The van der Waals surface area contributed by atoms with Crippen molar-refractivity contribution in [2.45, 2.75) is 94.3 Å². The maximum Gasteiger partial charge on any atom is 0.263 e. The van der Waals surface area contributed by atoms with Crippen LogP contribution in [0.1, 0.15) is 86.8 Å². The normalized spacial score (nSPS) is 14.6. The fraction of sp³-hybridized carbons (Fsp3) is 0.347. The molecule has 5 aliphatic rings. The van der Waals surface area contributed by atoms with Gasteiger partial charge in [0.2, 0.25) is 17.8 Å². The second-order valence-electron chi connectivity index (χ2n) is 33.9. The Morgan fingerprint density at radius 1 is 0.441 bits per heavy atom. The minimum atomic E-state index is -0.275. The molecule has 7 aromatic carbocycles. The molecule has 145 heavy (non-hydrogen) atoms. The molecule has 13 aromatic rings. The predicted octanol–water partition coefficient (Wildman–Crippen LogP) is 14.9. The number of methoxy groups -OCH3 is 1. The number of nitrogens with one attached hydrogen (secondary N) is 6. The molecular formula is C101H120ClF6N27O10. The molecule has 4 aliphatic carbocycles. The van der Waals surface area contributed by atoms with Gasteiger partial charge in [0.05, 0.1) is 77.4 Å². The average Bonchev–Trinajstić information content (AvgIpc) is 1.72. The molecule has 6 aromatic heterocycles. The van der Waals surface area contributed by atoms with E-state index in [2.05, 4.69) is 86.6 Å². The number of halogens is 7. The van der Waals surface area contributed by atoms with Crippen LogP contribution >= 0.6 is 11.6 Å². The first-order valence-corrected chi connectivity index (χ1v) is 47.7. The van der Waals surface area contributed by atoms with Crippen LogP contribution in [-0.4, -0.2) is 233 Å². The number of anilines is 4. The number of morpholine rings is 1. The van der Waals surface area contributed by atoms with Crippen LogP contribution in [0.5, 0.6) is 40.2 Å². The SMILES string of the molecule is COc1ccc(Cn2nc(-c3ccc(OC/C(=C/F)CN)cc3)nc2NC2CC2)cc1.Cn1nc(-c2ccc(OC/C(=C/F)CN)cc2)nc1N1CCOCC1.NC/C(=C\F)COc1ccc(-c2n[nH]c(C(CO)CCl)n2)cc1.NC/C(=C\F)COc1ccc(-c2n[nH]c(C3CCC3)n2)cc1.NC/C(=C\F)COc1ccc(-c2nc(NC3CC3)n[nH]2)cc1.NC/C(=C\F)COc1ccc(-c2nc(NC3CC3)no2)cc1. The summed E-state index contributed by atoms with van der Waals surface area (Å²) < 4.78 is 127. The van der Waals surface area contributed by atoms with E-state index in [1.807, 2.05) is 133 Å². The van der Waals surface area contributed by atoms with Gasteiger partial charge in [-0.15, -0.1) is 26.9 Å². The molecule has 1 unspecified atom stereocenters. The van der Waals surface area contributed by atoms with Gasteiger partial charge in [0.15, 0.2) is 29.1 Å². The Labute approximate surface area is 838 Å². The summed E-state index contributed by atoms with van der Waals surface area (Å²) in [6, 6.07) is 53.2. The number of aryl methyl sites for hydroxylation is 1. The number of aromatic nitrogens is 17. The Kier molecular flexibility index (Phi) is 41.7. The van der Waals surface area contributed by atoms with Gasteiger partial charge in [0.25, 0.3) is 11.8 Å². The number of rotatable bonds is 44. The van der Waals surface area contributed by atoms with Crippen LogP contribution in [0.3, 0.4) is 0 Å². The second-order valence-corrected chi connectivity index (χ2v) is 34.2. The second kappa shape index (κ2) is 56.3. The van der Waals surface area contributed by atoms with Gasteiger partial charge in [0.1, 0.15) is 91.5 Å². The third kappa shape index (κ3) is 33.4. The summed E-state index contributed by atoms with van der Waals surface area (Å²) in [5, 5.41) is 53.4. The number of nitrogens with two attached hydrogens (primary N) is 6. The molecule has 1 aliphatic heterocycles. The standard InChI is InChI=1S/C23H26FN5O2.C17H22FN5O2.C16H19FN4O.C15H18ClFN4O2.C15H18FN5O.C15H17FN4O2/c1-30-20-8-2-16(3-9-20)14-29-23(26-19-6-7-19)27-22(28-29)18-4-10-21(11-5-18)31-15-17(12-24)13-25;1-22-17(23-6-8-24-9-7-23)20-16(21-22)14-2-4-15(5-3-14)25-12-13(10-18)11-19;17-8-11(9-18)10-22-14-6-4-13(5-7-14)16-19-15(20-21-16)12-2-1-3-12;16-5-12(8-22)15-19-14(20-21-15)11-1-3-13(4-2-11)23-9-10(6-17)7-18;16-7-10(8-17)9-22-13-5-1-11(2-6-13)14-19-15(21-20-14)18-12-3-4-12;16-7-10(8-17)9-21-13-5-1-11(2-6-13)14-19-15(20-22-14)18-12-3-4-12/h2-5,8-12,19H,6-7,13-15,25H2,1H3,(H,26,27,28);2-5,10H,6-9,11-12,19H2,1H3;4-8,12H,1-3,9-10,18H2,(H,19,20,21);1-4,6,12,22H,5,7-9,18H2,(H,19,20,21);1-2,5-7,12H,3-4,8-9,17H2,(H2,18,19,20,21);1-2,5-7,12H,3-4,8-9,17H2,(H,18,20)/b17-12+;13-10+;11-8+;10-6+;2*10-7+. The Morgan fingerprint density at radius 3 is 1.23 bits per heavy atom. The number of ether oxygens (including phenoxy) is 8. The van der Waals surface area contributed by atoms with Crippen molar-refractivity contribution in [1.82, 2.24) is 85.2 Å². The van der Waals surface area contributed by atoms with Crippen LogP contribution in [0.25, 0.3) is 68.4 Å². The van der Waals surface area contributed by atoms with Crippen LogP contribution in [-0.2, 0) is 18.3 Å². The summed E-state index contributed by atoms with van der Waals surface area (Å²) in [6.07, 6.45) is 13.5. The lowest BCUT2D eigenvalue weighted by molar-refractivity contribution is 0.121. The van der Waals surface area contributed by atoms with E-state index in [0.717, 1.165) is 101 Å². The molecule has 1 atom stereocenters. The van der Waals surface area contributed by atoms with Gasteiger partial charge in [-0.3, -0.25) is 15.3 Å². The zero-order valence-electron chi connectivity index (χ0n) is 80.3. The number of aromatic amines is 3. The molecule has 4 saturated carbocycles. The number of aliphatic hydroxyl groups excluding tert-OH is 1. The lowest BCUT2D eigenvalue weighted by Crippen LogP contribution is -2.37. The molecule has 37 nitrogen and oxygen atoms in total. The molecule has 0 bridgehead atoms. The van der Waals surface area contributed by atoms with Crippen molar-refractivity contribution < 1.29 is 73.9 Å². The number of hydrogen-bond donors (Lipinski definition) is 13. The van der Waals surface area contributed by atoms with Crippen LogP contribution in [0.4, 0.5) is 50.1 Å². The quantitative estimate of drug-likeness (QED) is 0.0125. The third-order valence-corrected chi connectivity index (χ3v) is 23.2. The first kappa shape index (κ1) is 107. The summed E-state index contributed by atoms with van der Waals surface area (Å²) in [5.41, 5.74) is 41.0. The maximum atomic E-state index is 12.6. The zero-order valence-corrected chi connectivity index (χ0v) is 81.0. The molecule has 5 fully saturated rings. The molecule has 44 heteroatoms. The number of benzene rings is 7. The molecule has 0 spiro atoms. The lowest BCUT2D eigenvalue weighted by atomic mass is 9.85. The van der Waals surface area contributed by atoms with E-state index in [9.17, 15) is 31.4 Å². The molecule has 18 rings (SSSR count). The molecule has 1 saturated heterocycles. The smallest absolute Gasteiger partial charge is 0.263 e. The number of aliphatic hydroxyl groups is 1. The van der Waals surface area contributed by atoms with Crippen LogP contribution < -0.4 is 88.4 Å². The largest absolute Gasteiger partial charge is 0.497 e. The van der Waals surface area contributed by atoms with E-state index in [0.29, 0.717) is 202 Å². The molecule has 768 valence electrons. The van der Waals surface area contributed by atoms with Crippen molar-refractivity contribution >= 4 is 35.4 Å². The minimum absolute atomic E-state index is 0.101. The minimum Gasteiger partial charge on any atom is -0.497 e. The Morgan fingerprint density at radius 2 is 0.834 bits per heavy atom. The van der Waals surface area contributed by atoms with Crippen molar-refractivity contribution in [1.29, 1.82) is 0 Å². The van der Waals surface area contributed by atoms with E-state index >= 15 is 0 Å². The Hall–Kier alpha value is -14.8. The summed E-state index contributed by atoms with van der Waals surface area (Å²) in [7, 11) is 3.54. The summed E-state index contributed by atoms with van der Waals surface area (Å²) >= 11 is 5.76. The number of alkyl halides is 1. The zero-order chi connectivity index (χ0) is 102. The van der Waals surface area contributed by atoms with Crippen LogP contribution in [0.15, 0.2) is 246 Å². The van der Waals surface area contributed by atoms with E-state index in [1.165, 1.54) is 32.1 Å². The van der Waals surface area contributed by atoms with Crippen molar-refractivity contribution in [2.75, 3.05) is 146 Å². The summed E-state index contributed by atoms with van der Waals surface area (Å²) in [5.74, 6) is 13.0. The van der Waals surface area contributed by atoms with Crippen molar-refractivity contribution in [2.24, 2.45) is 41.4 Å². The number of nitrogens with zero attached hydrogens (tertiary/aromatic N) is 15. The predicted molar refractivity (Wildman–Crippen MR) is 542 cm³/mol. The molecular weight excluding hydrogens is 1900 g/mol. The van der Waals surface area contributed by atoms with E-state index < -0.39 is 0 Å². The van der Waals surface area contributed by atoms with Gasteiger partial charge in [-0.25, -0.2) is 45.7 Å². The van der Waals surface area contributed by atoms with E-state index in [1.54, 1.807) is 60.3 Å². The molecule has 0 amide bonds. The van der Waals surface area contributed by atoms with Gasteiger partial charge in [0, 0.05) is 156 Å². The summed E-state index contributed by atoms with van der Waals surface area (Å²) in [4.78, 5) is 29.1. The number of hydrogen-bond acceptors (Lipinski definition) is 32. The van der Waals surface area contributed by atoms with E-state index in [-0.39, 0.29) is 97.3 Å². The fourth-order valence-electron chi connectivity index (χ4n) is 13.3. The van der Waals surface area contributed by atoms with Gasteiger partial charge in [-0.1, -0.05) is 18.6 Å². The topological polar surface area (TPSA) is 515 Å². The highest BCUT2D eigenvalue weighted by atomic mass is 35.5. The third-order valence-electron chi connectivity index (χ3n) is 22.9.